The summed E-state index contributed by atoms with van der Waals surface area (Å²) in [6.07, 6.45) is -2.65. The Morgan fingerprint density at radius 1 is 1.07 bits per heavy atom. The van der Waals surface area contributed by atoms with Crippen molar-refractivity contribution >= 4 is 40.5 Å². The number of H-pyrrole nitrogens is 1. The maximum atomic E-state index is 14.6. The van der Waals surface area contributed by atoms with Crippen LogP contribution < -0.4 is 26.0 Å². The summed E-state index contributed by atoms with van der Waals surface area (Å²) in [4.78, 5) is 44.9. The number of hydrogen-bond donors (Lipinski definition) is 4. The molecule has 1 aromatic heterocycles. The highest BCUT2D eigenvalue weighted by Gasteiger charge is 2.31. The SMILES string of the molecule is C=CCOc1ccc(-c2nn(CC(=O)Nc3ccc(C(F)(F)F)cc3Cl)c(=O)c(N3CCN(C(=O)c4ccccc4NO)CC3)c(CC)[nH]n2C)cc1C. The van der Waals surface area contributed by atoms with Crippen LogP contribution in [0.5, 0.6) is 5.75 Å². The summed E-state index contributed by atoms with van der Waals surface area (Å²) in [5, 5.41) is 19.7. The van der Waals surface area contributed by atoms with Crippen LogP contribution in [0.25, 0.3) is 11.4 Å². The summed E-state index contributed by atoms with van der Waals surface area (Å²) < 4.78 is 48.1. The summed E-state index contributed by atoms with van der Waals surface area (Å²) >= 11 is 6.12. The second kappa shape index (κ2) is 16.9. The number of anilines is 3. The van der Waals surface area contributed by atoms with Gasteiger partial charge >= 0.3 is 6.18 Å². The predicted octanol–water partition coefficient (Wildman–Crippen LogP) is 6.21. The quantitative estimate of drug-likeness (QED) is 0.104. The van der Waals surface area contributed by atoms with Crippen molar-refractivity contribution in [1.29, 1.82) is 0 Å². The van der Waals surface area contributed by atoms with E-state index < -0.39 is 29.8 Å². The molecule has 0 radical (unpaired) electrons. The molecule has 54 heavy (non-hydrogen) atoms. The van der Waals surface area contributed by atoms with E-state index in [2.05, 4.69) is 27.6 Å². The van der Waals surface area contributed by atoms with Crippen molar-refractivity contribution in [3.05, 3.63) is 111 Å². The van der Waals surface area contributed by atoms with Gasteiger partial charge in [-0.1, -0.05) is 43.3 Å². The van der Waals surface area contributed by atoms with Crippen molar-refractivity contribution in [3.63, 3.8) is 0 Å². The first-order valence-electron chi connectivity index (χ1n) is 16.9. The van der Waals surface area contributed by atoms with Gasteiger partial charge in [0.15, 0.2) is 5.82 Å². The van der Waals surface area contributed by atoms with Crippen molar-refractivity contribution in [1.82, 2.24) is 24.5 Å². The Kier molecular flexibility index (Phi) is 12.4. The minimum Gasteiger partial charge on any atom is -0.489 e. The number of amides is 2. The van der Waals surface area contributed by atoms with E-state index in [0.717, 1.165) is 22.4 Å². The van der Waals surface area contributed by atoms with Gasteiger partial charge in [-0.2, -0.15) is 13.2 Å². The normalized spacial score (nSPS) is 13.0. The number of aromatic nitrogens is 4. The van der Waals surface area contributed by atoms with E-state index in [1.807, 2.05) is 24.8 Å². The standard InChI is InChI=1S/C37H40ClF3N8O5/c1-5-19-54-31-14-11-24(20-23(31)3)34-44-49(22-32(50)42-30-13-12-25(21-27(30)38)37(39,40)41)36(52)33(28(6-2)43-46(34)4)47-15-17-48(18-16-47)35(51)26-9-7-8-10-29(26)45-53/h5,7-14,20-21,43,45,53H,1,6,15-19,22H2,2-4H3,(H,42,50). The molecule has 1 aliphatic rings. The van der Waals surface area contributed by atoms with Crippen LogP contribution >= 0.6 is 11.6 Å². The molecule has 4 aromatic rings. The molecule has 0 spiro atoms. The molecule has 1 fully saturated rings. The van der Waals surface area contributed by atoms with Crippen LogP contribution in [0.2, 0.25) is 5.02 Å². The lowest BCUT2D eigenvalue weighted by atomic mass is 10.1. The molecule has 0 unspecified atom stereocenters. The third kappa shape index (κ3) is 8.89. The number of piperazine rings is 1. The molecule has 0 atom stereocenters. The molecule has 1 saturated heterocycles. The van der Waals surface area contributed by atoms with Gasteiger partial charge < -0.3 is 19.9 Å². The van der Waals surface area contributed by atoms with Crippen LogP contribution in [0.4, 0.5) is 30.2 Å². The number of nitrogens with zero attached hydrogens (tertiary/aromatic N) is 5. The Balaban J connectivity index is 1.56. The van der Waals surface area contributed by atoms with Crippen LogP contribution in [-0.4, -0.2) is 74.3 Å². The molecule has 286 valence electrons. The van der Waals surface area contributed by atoms with Crippen LogP contribution in [0, 0.1) is 6.92 Å². The van der Waals surface area contributed by atoms with E-state index in [0.29, 0.717) is 36.1 Å². The number of rotatable bonds is 11. The van der Waals surface area contributed by atoms with E-state index in [-0.39, 0.29) is 65.6 Å². The van der Waals surface area contributed by atoms with E-state index >= 15 is 0 Å². The highest BCUT2D eigenvalue weighted by molar-refractivity contribution is 6.33. The minimum absolute atomic E-state index is 0.0772. The highest BCUT2D eigenvalue weighted by Crippen LogP contribution is 2.34. The third-order valence-electron chi connectivity index (χ3n) is 8.73. The van der Waals surface area contributed by atoms with Crippen molar-refractivity contribution in [3.8, 4) is 17.1 Å². The number of alkyl halides is 3. The molecule has 1 aliphatic heterocycles. The van der Waals surface area contributed by atoms with Crippen molar-refractivity contribution in [2.45, 2.75) is 33.0 Å². The number of benzene rings is 3. The molecule has 13 nitrogen and oxygen atoms in total. The van der Waals surface area contributed by atoms with Crippen LogP contribution in [0.3, 0.4) is 0 Å². The number of para-hydroxylation sites is 1. The highest BCUT2D eigenvalue weighted by atomic mass is 35.5. The number of nitrogens with one attached hydrogen (secondary N) is 3. The van der Waals surface area contributed by atoms with Gasteiger partial charge in [-0.25, -0.2) is 4.68 Å². The van der Waals surface area contributed by atoms with E-state index in [4.69, 9.17) is 16.3 Å². The zero-order chi connectivity index (χ0) is 39.2. The van der Waals surface area contributed by atoms with E-state index in [9.17, 15) is 32.8 Å². The van der Waals surface area contributed by atoms with Crippen LogP contribution in [0.1, 0.15) is 34.1 Å². The van der Waals surface area contributed by atoms with Crippen molar-refractivity contribution < 1.29 is 32.7 Å². The maximum absolute atomic E-state index is 14.6. The fourth-order valence-corrected chi connectivity index (χ4v) is 6.23. The molecular formula is C37H40ClF3N8O5. The van der Waals surface area contributed by atoms with Crippen LogP contribution in [0.15, 0.2) is 78.1 Å². The Labute approximate surface area is 313 Å². The summed E-state index contributed by atoms with van der Waals surface area (Å²) in [6, 6.07) is 14.4. The lowest BCUT2D eigenvalue weighted by Crippen LogP contribution is -2.51. The van der Waals surface area contributed by atoms with Crippen LogP contribution in [-0.2, 0) is 31.0 Å². The second-order valence-corrected chi connectivity index (χ2v) is 12.8. The fourth-order valence-electron chi connectivity index (χ4n) is 6.01. The Hall–Kier alpha value is -5.74. The Morgan fingerprint density at radius 3 is 2.43 bits per heavy atom. The van der Waals surface area contributed by atoms with Gasteiger partial charge in [-0.05, 0) is 67.4 Å². The Bertz CT molecular complexity index is 2150. The molecule has 0 bridgehead atoms. The zero-order valence-electron chi connectivity index (χ0n) is 29.8. The third-order valence-corrected chi connectivity index (χ3v) is 9.04. The molecule has 0 saturated carbocycles. The Morgan fingerprint density at radius 2 is 1.80 bits per heavy atom. The van der Waals surface area contributed by atoms with Gasteiger partial charge in [0.25, 0.3) is 11.5 Å². The maximum Gasteiger partial charge on any atom is 0.416 e. The minimum atomic E-state index is -4.64. The summed E-state index contributed by atoms with van der Waals surface area (Å²) in [5.74, 6) is -0.174. The first kappa shape index (κ1) is 39.5. The largest absolute Gasteiger partial charge is 0.489 e. The van der Waals surface area contributed by atoms with Crippen molar-refractivity contribution in [2.75, 3.05) is 48.5 Å². The predicted molar refractivity (Wildman–Crippen MR) is 200 cm³/mol. The first-order valence-corrected chi connectivity index (χ1v) is 17.3. The molecule has 5 rings (SSSR count). The molecule has 17 heteroatoms. The number of aryl methyl sites for hydroxylation is 3. The van der Waals surface area contributed by atoms with Gasteiger partial charge in [0.05, 0.1) is 33.2 Å². The first-order chi connectivity index (χ1) is 25.7. The summed E-state index contributed by atoms with van der Waals surface area (Å²) in [7, 11) is 1.71. The zero-order valence-corrected chi connectivity index (χ0v) is 30.6. The average molecular weight is 769 g/mol. The molecule has 2 amide bonds. The number of halogens is 4. The van der Waals surface area contributed by atoms with Gasteiger partial charge in [0.2, 0.25) is 5.91 Å². The molecule has 4 N–H and O–H groups in total. The molecule has 0 aliphatic carbocycles. The monoisotopic (exact) mass is 768 g/mol. The number of ether oxygens (including phenoxy) is 1. The number of carbonyl (C=O) groups excluding carboxylic acids is 2. The average Bonchev–Trinajstić information content (AvgIpc) is 3.15. The smallest absolute Gasteiger partial charge is 0.416 e. The van der Waals surface area contributed by atoms with Gasteiger partial charge in [0.1, 0.15) is 24.6 Å². The van der Waals surface area contributed by atoms with Gasteiger partial charge in [-0.15, -0.1) is 5.10 Å². The van der Waals surface area contributed by atoms with Gasteiger partial charge in [-0.3, -0.25) is 34.9 Å². The lowest BCUT2D eigenvalue weighted by Gasteiger charge is -2.36. The number of hydrogen-bond acceptors (Lipinski definition) is 8. The lowest BCUT2D eigenvalue weighted by molar-refractivity contribution is -0.137. The van der Waals surface area contributed by atoms with E-state index in [1.54, 1.807) is 59.1 Å². The van der Waals surface area contributed by atoms with Gasteiger partial charge in [0, 0.05) is 38.8 Å². The number of carbonyl (C=O) groups is 2. The van der Waals surface area contributed by atoms with E-state index in [1.165, 1.54) is 0 Å². The summed E-state index contributed by atoms with van der Waals surface area (Å²) in [5.41, 5.74) is 3.01. The fraction of sp³-hybridized carbons (Fsp3) is 0.297. The summed E-state index contributed by atoms with van der Waals surface area (Å²) in [6.45, 7) is 8.03. The second-order valence-electron chi connectivity index (χ2n) is 12.4. The van der Waals surface area contributed by atoms with Crippen molar-refractivity contribution in [2.24, 2.45) is 7.05 Å². The topological polar surface area (TPSA) is 150 Å². The number of aromatic amines is 1. The molecular weight excluding hydrogens is 729 g/mol. The molecule has 3 aromatic carbocycles. The molecule has 2 heterocycles.